The van der Waals surface area contributed by atoms with Gasteiger partial charge in [0, 0.05) is 6.42 Å². The standard InChI is InChI=1S/C13H11ClN2O4/c1-8(17)6-7-15(13(14)20)16-11(18)9-4-2-3-5-10(9)12(16)19/h2-5H,6-7H2,1H3. The zero-order valence-electron chi connectivity index (χ0n) is 10.6. The first-order chi connectivity index (χ1) is 9.43. The number of imide groups is 1. The van der Waals surface area contributed by atoms with Crippen LogP contribution >= 0.6 is 11.6 Å². The molecule has 3 amide bonds. The molecular formula is C13H11ClN2O4. The Kier molecular flexibility index (Phi) is 3.85. The highest BCUT2D eigenvalue weighted by Gasteiger charge is 2.40. The SMILES string of the molecule is CC(=O)CCN(C(=O)Cl)N1C(=O)c2ccccc2C1=O. The maximum Gasteiger partial charge on any atom is 0.335 e. The van der Waals surface area contributed by atoms with E-state index in [1.807, 2.05) is 0 Å². The van der Waals surface area contributed by atoms with Crippen molar-refractivity contribution in [3.63, 3.8) is 0 Å². The van der Waals surface area contributed by atoms with Gasteiger partial charge in [-0.05, 0) is 30.7 Å². The van der Waals surface area contributed by atoms with Crippen molar-refractivity contribution >= 4 is 34.6 Å². The number of halogens is 1. The maximum atomic E-state index is 12.2. The summed E-state index contributed by atoms with van der Waals surface area (Å²) in [5.41, 5.74) is 0.423. The second kappa shape index (κ2) is 5.42. The maximum absolute atomic E-state index is 12.2. The molecule has 0 spiro atoms. The largest absolute Gasteiger partial charge is 0.335 e. The van der Waals surface area contributed by atoms with E-state index >= 15 is 0 Å². The van der Waals surface area contributed by atoms with Crippen LogP contribution in [-0.2, 0) is 4.79 Å². The van der Waals surface area contributed by atoms with Gasteiger partial charge in [-0.3, -0.25) is 19.2 Å². The molecule has 0 bridgehead atoms. The van der Waals surface area contributed by atoms with E-state index in [2.05, 4.69) is 0 Å². The molecule has 1 aromatic carbocycles. The summed E-state index contributed by atoms with van der Waals surface area (Å²) in [6.45, 7) is 1.22. The van der Waals surface area contributed by atoms with Crippen molar-refractivity contribution in [2.24, 2.45) is 0 Å². The zero-order chi connectivity index (χ0) is 14.9. The number of amides is 3. The van der Waals surface area contributed by atoms with Crippen molar-refractivity contribution in [2.75, 3.05) is 6.54 Å². The van der Waals surface area contributed by atoms with Crippen molar-refractivity contribution in [3.05, 3.63) is 35.4 Å². The summed E-state index contributed by atoms with van der Waals surface area (Å²) in [6.07, 6.45) is 0.00582. The number of benzene rings is 1. The third kappa shape index (κ3) is 2.42. The fourth-order valence-corrected chi connectivity index (χ4v) is 2.09. The number of Topliss-reactive ketones (excluding diaryl/α,β-unsaturated/α-hetero) is 1. The Morgan fingerprint density at radius 2 is 1.65 bits per heavy atom. The second-order valence-corrected chi connectivity index (χ2v) is 4.62. The van der Waals surface area contributed by atoms with Crippen LogP contribution in [0.15, 0.2) is 24.3 Å². The minimum atomic E-state index is -0.985. The van der Waals surface area contributed by atoms with Gasteiger partial charge in [0.2, 0.25) is 0 Å². The van der Waals surface area contributed by atoms with E-state index in [-0.39, 0.29) is 29.9 Å². The molecule has 2 rings (SSSR count). The number of hydrogen-bond donors (Lipinski definition) is 0. The molecule has 0 fully saturated rings. The number of fused-ring (bicyclic) bond motifs is 1. The van der Waals surface area contributed by atoms with Gasteiger partial charge in [-0.25, -0.2) is 5.01 Å². The highest BCUT2D eigenvalue weighted by Crippen LogP contribution is 2.24. The van der Waals surface area contributed by atoms with Crippen molar-refractivity contribution < 1.29 is 19.2 Å². The minimum absolute atomic E-state index is 0.00582. The predicted molar refractivity (Wildman–Crippen MR) is 70.2 cm³/mol. The van der Waals surface area contributed by atoms with Crippen molar-refractivity contribution in [1.29, 1.82) is 0 Å². The Labute approximate surface area is 119 Å². The van der Waals surface area contributed by atoms with Crippen LogP contribution in [0.25, 0.3) is 0 Å². The molecule has 1 aromatic rings. The Hall–Kier alpha value is -2.21. The average molecular weight is 295 g/mol. The van der Waals surface area contributed by atoms with Crippen LogP contribution in [0, 0.1) is 0 Å². The summed E-state index contributed by atoms with van der Waals surface area (Å²) in [5.74, 6) is -1.42. The lowest BCUT2D eigenvalue weighted by atomic mass is 10.1. The normalized spacial score (nSPS) is 13.4. The molecule has 7 heteroatoms. The molecule has 0 radical (unpaired) electrons. The van der Waals surface area contributed by atoms with E-state index in [9.17, 15) is 19.2 Å². The summed E-state index contributed by atoms with van der Waals surface area (Å²) in [7, 11) is 0. The molecule has 104 valence electrons. The molecule has 1 aliphatic rings. The number of rotatable bonds is 4. The van der Waals surface area contributed by atoms with Crippen LogP contribution in [-0.4, -0.2) is 39.5 Å². The van der Waals surface area contributed by atoms with E-state index in [1.165, 1.54) is 19.1 Å². The van der Waals surface area contributed by atoms with Gasteiger partial charge in [0.15, 0.2) is 0 Å². The molecule has 0 atom stereocenters. The Balaban J connectivity index is 2.32. The van der Waals surface area contributed by atoms with Crippen molar-refractivity contribution in [1.82, 2.24) is 10.0 Å². The molecule has 20 heavy (non-hydrogen) atoms. The van der Waals surface area contributed by atoms with E-state index < -0.39 is 17.2 Å². The Bertz CT molecular complexity index is 579. The summed E-state index contributed by atoms with van der Waals surface area (Å²) < 4.78 is 0. The van der Waals surface area contributed by atoms with Crippen molar-refractivity contribution in [2.45, 2.75) is 13.3 Å². The minimum Gasteiger partial charge on any atom is -0.300 e. The van der Waals surface area contributed by atoms with Crippen LogP contribution < -0.4 is 0 Å². The first-order valence-electron chi connectivity index (χ1n) is 5.87. The first kappa shape index (κ1) is 14.2. The van der Waals surface area contributed by atoms with Gasteiger partial charge in [0.05, 0.1) is 17.7 Å². The molecule has 1 heterocycles. The number of carbonyl (C=O) groups is 4. The summed E-state index contributed by atoms with van der Waals surface area (Å²) in [6, 6.07) is 6.24. The molecule has 1 aliphatic heterocycles. The van der Waals surface area contributed by atoms with Gasteiger partial charge < -0.3 is 0 Å². The highest BCUT2D eigenvalue weighted by molar-refractivity contribution is 6.63. The second-order valence-electron chi connectivity index (χ2n) is 4.30. The quantitative estimate of drug-likeness (QED) is 0.482. The zero-order valence-corrected chi connectivity index (χ0v) is 11.4. The predicted octanol–water partition coefficient (Wildman–Crippen LogP) is 1.84. The van der Waals surface area contributed by atoms with Crippen molar-refractivity contribution in [3.8, 4) is 0 Å². The summed E-state index contributed by atoms with van der Waals surface area (Å²) in [5, 5.41) is 0.483. The smallest absolute Gasteiger partial charge is 0.300 e. The van der Waals surface area contributed by atoms with E-state index in [0.717, 1.165) is 5.01 Å². The van der Waals surface area contributed by atoms with Gasteiger partial charge in [-0.15, -0.1) is 0 Å². The van der Waals surface area contributed by atoms with Crippen LogP contribution in [0.2, 0.25) is 0 Å². The third-order valence-corrected chi connectivity index (χ3v) is 3.09. The topological polar surface area (TPSA) is 74.8 Å². The van der Waals surface area contributed by atoms with E-state index in [0.29, 0.717) is 5.01 Å². The number of carbonyl (C=O) groups excluding carboxylic acids is 4. The first-order valence-corrected chi connectivity index (χ1v) is 6.25. The fourth-order valence-electron chi connectivity index (χ4n) is 1.93. The van der Waals surface area contributed by atoms with Gasteiger partial charge in [-0.1, -0.05) is 12.1 Å². The third-order valence-electron chi connectivity index (χ3n) is 2.89. The fraction of sp³-hybridized carbons (Fsp3) is 0.231. The molecular weight excluding hydrogens is 284 g/mol. The van der Waals surface area contributed by atoms with Crippen LogP contribution in [0.3, 0.4) is 0 Å². The number of hydrogen-bond acceptors (Lipinski definition) is 4. The molecule has 0 saturated heterocycles. The van der Waals surface area contributed by atoms with E-state index in [4.69, 9.17) is 11.6 Å². The van der Waals surface area contributed by atoms with Crippen LogP contribution in [0.5, 0.6) is 0 Å². The molecule has 0 N–H and O–H groups in total. The lowest BCUT2D eigenvalue weighted by Crippen LogP contribution is -2.48. The van der Waals surface area contributed by atoms with E-state index in [1.54, 1.807) is 12.1 Å². The van der Waals surface area contributed by atoms with Crippen LogP contribution in [0.4, 0.5) is 4.79 Å². The van der Waals surface area contributed by atoms with Gasteiger partial charge in [-0.2, -0.15) is 5.01 Å². The Morgan fingerprint density at radius 3 is 2.05 bits per heavy atom. The number of nitrogens with zero attached hydrogens (tertiary/aromatic N) is 2. The number of ketones is 1. The highest BCUT2D eigenvalue weighted by atomic mass is 35.5. The monoisotopic (exact) mass is 294 g/mol. The van der Waals surface area contributed by atoms with Gasteiger partial charge >= 0.3 is 5.37 Å². The van der Waals surface area contributed by atoms with Gasteiger partial charge in [0.1, 0.15) is 5.78 Å². The van der Waals surface area contributed by atoms with Crippen LogP contribution in [0.1, 0.15) is 34.1 Å². The average Bonchev–Trinajstić information content (AvgIpc) is 2.64. The lowest BCUT2D eigenvalue weighted by molar-refractivity contribution is -0.117. The number of hydrazine groups is 1. The molecule has 0 aliphatic carbocycles. The summed E-state index contributed by atoms with van der Waals surface area (Å²) >= 11 is 5.41. The molecule has 0 unspecified atom stereocenters. The summed E-state index contributed by atoms with van der Waals surface area (Å²) in [4.78, 5) is 46.7. The molecule has 0 saturated carbocycles. The molecule has 6 nitrogen and oxygen atoms in total. The lowest BCUT2D eigenvalue weighted by Gasteiger charge is -2.27. The molecule has 0 aromatic heterocycles. The Morgan fingerprint density at radius 1 is 1.15 bits per heavy atom. The van der Waals surface area contributed by atoms with Gasteiger partial charge in [0.25, 0.3) is 11.8 Å².